The molecule has 6 heterocycles. The van der Waals surface area contributed by atoms with Crippen molar-refractivity contribution in [2.24, 2.45) is 0 Å². The fraction of sp³-hybridized carbons (Fsp3) is 0. The van der Waals surface area contributed by atoms with E-state index in [4.69, 9.17) is 0 Å². The lowest BCUT2D eigenvalue weighted by Crippen LogP contribution is -2.34. The zero-order valence-electron chi connectivity index (χ0n) is 39.5. The summed E-state index contributed by atoms with van der Waals surface area (Å²) in [5.41, 5.74) is 5.85. The number of hydrogen-bond donors (Lipinski definition) is 4. The molecule has 22 nitrogen and oxygen atoms in total. The molecule has 0 saturated carbocycles. The Morgan fingerprint density at radius 1 is 0.449 bits per heavy atom. The third-order valence-electron chi connectivity index (χ3n) is 11.7. The van der Waals surface area contributed by atoms with Crippen LogP contribution in [0.1, 0.15) is 11.1 Å². The Morgan fingerprint density at radius 3 is 1.10 bits per heavy atom. The molecule has 0 atom stereocenters. The molecule has 0 saturated heterocycles. The van der Waals surface area contributed by atoms with Crippen molar-refractivity contribution >= 4 is 148 Å². The average molecular weight is 1150 g/mol. The number of anilines is 4. The van der Waals surface area contributed by atoms with E-state index in [0.717, 1.165) is 69.1 Å². The zero-order chi connectivity index (χ0) is 53.7. The number of benzene rings is 6. The molecule has 0 amide bonds. The van der Waals surface area contributed by atoms with Gasteiger partial charge in [-0.3, -0.25) is 25.0 Å². The second-order valence-electron chi connectivity index (χ2n) is 16.7. The Morgan fingerprint density at radius 2 is 0.769 bits per heavy atom. The van der Waals surface area contributed by atoms with Crippen LogP contribution in [-0.2, 0) is 20.2 Å². The second kappa shape index (κ2) is 20.5. The molecule has 0 aliphatic heterocycles. The molecular formula is C50H34N14O8S6. The highest BCUT2D eigenvalue weighted by atomic mass is 32.2. The first-order chi connectivity index (χ1) is 37.7. The van der Waals surface area contributed by atoms with Crippen molar-refractivity contribution in [3.05, 3.63) is 192 Å². The highest BCUT2D eigenvalue weighted by Gasteiger charge is 2.25. The molecule has 0 unspecified atom stereocenters. The minimum atomic E-state index is -4.99. The summed E-state index contributed by atoms with van der Waals surface area (Å²) in [4.78, 5) is 25.7. The fourth-order valence-corrected chi connectivity index (χ4v) is 13.1. The van der Waals surface area contributed by atoms with Crippen LogP contribution in [0.25, 0.3) is 56.3 Å². The van der Waals surface area contributed by atoms with Gasteiger partial charge in [-0.25, -0.2) is 40.0 Å². The van der Waals surface area contributed by atoms with Gasteiger partial charge in [0.25, 0.3) is 20.2 Å². The van der Waals surface area contributed by atoms with Crippen molar-refractivity contribution in [1.29, 1.82) is 0 Å². The van der Waals surface area contributed by atoms with Crippen molar-refractivity contribution < 1.29 is 35.4 Å². The Bertz CT molecular complexity index is 4320. The van der Waals surface area contributed by atoms with Gasteiger partial charge in [0.15, 0.2) is 10.1 Å². The van der Waals surface area contributed by atoms with E-state index in [1.807, 2.05) is 97.1 Å². The van der Waals surface area contributed by atoms with Crippen LogP contribution in [0.2, 0.25) is 0 Å². The summed E-state index contributed by atoms with van der Waals surface area (Å²) in [5.74, 6) is -0.492. The van der Waals surface area contributed by atoms with Crippen LogP contribution in [0, 0.1) is 10.4 Å². The van der Waals surface area contributed by atoms with Gasteiger partial charge in [0.1, 0.15) is 46.5 Å². The molecule has 0 aliphatic carbocycles. The monoisotopic (exact) mass is 1150 g/mol. The van der Waals surface area contributed by atoms with Crippen molar-refractivity contribution in [3.63, 3.8) is 0 Å². The van der Waals surface area contributed by atoms with Crippen LogP contribution < -0.4 is 20.1 Å². The van der Waals surface area contributed by atoms with Crippen molar-refractivity contribution in [1.82, 2.24) is 45.8 Å². The largest absolute Gasteiger partial charge is 0.739 e. The molecule has 12 rings (SSSR count). The molecule has 0 aliphatic rings. The van der Waals surface area contributed by atoms with E-state index in [2.05, 4.69) is 40.5 Å². The van der Waals surface area contributed by atoms with Crippen molar-refractivity contribution in [2.75, 3.05) is 10.6 Å². The van der Waals surface area contributed by atoms with Gasteiger partial charge < -0.3 is 10.4 Å². The van der Waals surface area contributed by atoms with Crippen LogP contribution in [-0.4, -0.2) is 71.7 Å². The minimum absolute atomic E-state index is 0.0372. The summed E-state index contributed by atoms with van der Waals surface area (Å²) >= 11 is 4.53. The van der Waals surface area contributed by atoms with Crippen LogP contribution in [0.5, 0.6) is 0 Å². The number of nitrogens with zero attached hydrogens (tertiary/aromatic N) is 12. The summed E-state index contributed by atoms with van der Waals surface area (Å²) in [7, 11) is -9.98. The topological polar surface area (TPSA) is 284 Å². The first-order valence-electron chi connectivity index (χ1n) is 22.8. The third-order valence-corrected chi connectivity index (χ3v) is 17.2. The summed E-state index contributed by atoms with van der Waals surface area (Å²) < 4.78 is 81.3. The maximum absolute atomic E-state index is 14.1. The molecule has 6 aromatic carbocycles. The third kappa shape index (κ3) is 10.3. The lowest BCUT2D eigenvalue weighted by atomic mass is 10.1. The van der Waals surface area contributed by atoms with Crippen molar-refractivity contribution in [2.45, 2.75) is 29.9 Å². The van der Waals surface area contributed by atoms with Crippen LogP contribution in [0.4, 0.5) is 23.3 Å². The van der Waals surface area contributed by atoms with Gasteiger partial charge in [-0.05, 0) is 83.9 Å². The molecule has 0 fully saturated rings. The van der Waals surface area contributed by atoms with Crippen LogP contribution in [0.15, 0.2) is 201 Å². The van der Waals surface area contributed by atoms with Crippen LogP contribution >= 0.6 is 47.8 Å². The van der Waals surface area contributed by atoms with E-state index in [-0.39, 0.29) is 44.5 Å². The molecule has 0 bridgehead atoms. The van der Waals surface area contributed by atoms with Gasteiger partial charge in [0.05, 0.1) is 44.1 Å². The molecule has 0 radical (unpaired) electrons. The van der Waals surface area contributed by atoms with Gasteiger partial charge in [0, 0.05) is 59.9 Å². The summed E-state index contributed by atoms with van der Waals surface area (Å²) in [6.07, 6.45) is 8.87. The Kier molecular flexibility index (Phi) is 13.2. The second-order valence-corrected chi connectivity index (χ2v) is 23.5. The predicted molar refractivity (Wildman–Crippen MR) is 298 cm³/mol. The predicted octanol–water partition coefficient (Wildman–Crippen LogP) is 9.51. The average Bonchev–Trinajstić information content (AvgIpc) is 4.31. The van der Waals surface area contributed by atoms with Gasteiger partial charge in [-0.2, -0.15) is 16.8 Å². The van der Waals surface area contributed by atoms with E-state index in [0.29, 0.717) is 30.5 Å². The van der Waals surface area contributed by atoms with Crippen molar-refractivity contribution in [3.8, 4) is 0 Å². The van der Waals surface area contributed by atoms with Crippen LogP contribution in [0.3, 0.4) is 0 Å². The molecule has 78 heavy (non-hydrogen) atoms. The van der Waals surface area contributed by atoms with E-state index in [1.165, 1.54) is 60.3 Å². The summed E-state index contributed by atoms with van der Waals surface area (Å²) in [6.45, 7) is 0. The van der Waals surface area contributed by atoms with Gasteiger partial charge in [-0.15, -0.1) is 0 Å². The molecular weight excluding hydrogens is 1120 g/mol. The lowest BCUT2D eigenvalue weighted by Gasteiger charge is -2.15. The smallest absolute Gasteiger partial charge is 0.399 e. The van der Waals surface area contributed by atoms with E-state index < -0.39 is 30.0 Å². The molecule has 0 spiro atoms. The maximum Gasteiger partial charge on any atom is 0.399 e. The Labute approximate surface area is 458 Å². The standard InChI is InChI=1S/C50H34N14O8S6/c65-63-47(75-61-29-53-37-11-3-7-15-41(37)61)25-45(73-59-27-51-35-9-1-5-13-39(35)59)57-49(63)55-33-21-19-31(43(23-33)77(67,68)69)17-18-32-20-22-34(24-44(32)78(70,71)72)56-50-58-46(74-60-28-52-36-10-2-6-14-40(36)60)26-48(64(50)66)76-62-30-54-38-12-4-8-16-42(38)62/h1-30H,(H,55,57)(H,56,58)(H,67,68,69)(H,70,71,72). The number of fused-ring (bicyclic) bond motifs is 4. The highest BCUT2D eigenvalue weighted by Crippen LogP contribution is 2.34. The number of hydrogen-bond acceptors (Lipinski definition) is 18. The molecule has 4 N–H and O–H groups in total. The minimum Gasteiger partial charge on any atom is -0.739 e. The normalized spacial score (nSPS) is 12.2. The molecule has 388 valence electrons. The maximum atomic E-state index is 14.1. The lowest BCUT2D eigenvalue weighted by molar-refractivity contribution is -0.634. The Hall–Kier alpha value is -8.48. The number of nitrogens with one attached hydrogen (secondary N) is 2. The SMILES string of the molecule is O=S(=O)(O)c1cc(Nc2nc(Sn3cnc4ccccc43)cc(Sn3cnc4ccccc43)[n+]2[O-])ccc1C=Cc1ccc(Nc2nc(Sn3cnc4ccccc43)cc(Sn3cnc4ccccc43)[n+]2[O-])cc1S(=O)(=O)O. The number of imidazole rings is 4. The van der Waals surface area contributed by atoms with Gasteiger partial charge >= 0.3 is 11.9 Å². The Balaban J connectivity index is 0.854. The number of rotatable bonds is 16. The van der Waals surface area contributed by atoms with E-state index in [1.54, 1.807) is 53.3 Å². The molecule has 28 heteroatoms. The quantitative estimate of drug-likeness (QED) is 0.0230. The first-order valence-corrected chi connectivity index (χ1v) is 28.8. The highest BCUT2D eigenvalue weighted by molar-refractivity contribution is 7.99. The summed E-state index contributed by atoms with van der Waals surface area (Å²) in [6, 6.07) is 40.6. The first kappa shape index (κ1) is 50.3. The summed E-state index contributed by atoms with van der Waals surface area (Å²) in [5, 5.41) is 35.1. The van der Waals surface area contributed by atoms with Gasteiger partial charge in [-0.1, -0.05) is 82.8 Å². The fourth-order valence-electron chi connectivity index (χ4n) is 8.10. The zero-order valence-corrected chi connectivity index (χ0v) is 44.4. The molecule has 6 aromatic heterocycles. The van der Waals surface area contributed by atoms with E-state index in [9.17, 15) is 36.4 Å². The van der Waals surface area contributed by atoms with Gasteiger partial charge in [0.2, 0.25) is 10.1 Å². The number of aromatic nitrogens is 12. The molecule has 12 aromatic rings. The number of para-hydroxylation sites is 8. The van der Waals surface area contributed by atoms with E-state index >= 15 is 0 Å².